The fourth-order valence-electron chi connectivity index (χ4n) is 2.62. The molecule has 1 saturated heterocycles. The topological polar surface area (TPSA) is 52.6 Å². The van der Waals surface area contributed by atoms with Crippen LogP contribution >= 0.6 is 0 Å². The summed E-state index contributed by atoms with van der Waals surface area (Å²) in [5.74, 6) is 0.351. The van der Waals surface area contributed by atoms with E-state index in [0.717, 1.165) is 12.8 Å². The average Bonchev–Trinajstić information content (AvgIpc) is 2.41. The summed E-state index contributed by atoms with van der Waals surface area (Å²) in [6, 6.07) is -0.0676. The third kappa shape index (κ3) is 5.82. The number of aliphatic hydroxyl groups is 1. The number of likely N-dealkylation sites (tertiary alicyclic amines) is 1. The highest BCUT2D eigenvalue weighted by molar-refractivity contribution is 5.76. The minimum absolute atomic E-state index is 0.0672. The first-order valence-corrected chi connectivity index (χ1v) is 6.97. The van der Waals surface area contributed by atoms with Gasteiger partial charge in [0.1, 0.15) is 0 Å². The largest absolute Gasteiger partial charge is 0.396 e. The Morgan fingerprint density at radius 1 is 1.47 bits per heavy atom. The van der Waals surface area contributed by atoms with E-state index in [0.29, 0.717) is 25.9 Å². The van der Waals surface area contributed by atoms with Gasteiger partial charge in [0.2, 0.25) is 5.91 Å². The summed E-state index contributed by atoms with van der Waals surface area (Å²) in [4.78, 5) is 13.5. The summed E-state index contributed by atoms with van der Waals surface area (Å²) in [6.45, 7) is 2.80. The molecular weight excluding hydrogens is 254 g/mol. The van der Waals surface area contributed by atoms with Crippen molar-refractivity contribution in [1.29, 1.82) is 0 Å². The van der Waals surface area contributed by atoms with E-state index in [1.165, 1.54) is 0 Å². The SMILES string of the molecule is CCC(=O)N1CC(CCCO)CC(NCC(F)F)C1. The number of nitrogens with one attached hydrogen (secondary N) is 1. The van der Waals surface area contributed by atoms with Crippen molar-refractivity contribution in [1.82, 2.24) is 10.2 Å². The summed E-state index contributed by atoms with van der Waals surface area (Å²) in [5, 5.41) is 11.7. The summed E-state index contributed by atoms with van der Waals surface area (Å²) >= 11 is 0. The summed E-state index contributed by atoms with van der Waals surface area (Å²) in [5.41, 5.74) is 0. The first-order valence-electron chi connectivity index (χ1n) is 6.97. The molecule has 19 heavy (non-hydrogen) atoms. The van der Waals surface area contributed by atoms with E-state index in [-0.39, 0.29) is 31.0 Å². The average molecular weight is 278 g/mol. The number of hydrogen-bond acceptors (Lipinski definition) is 3. The molecule has 0 saturated carbocycles. The first kappa shape index (κ1) is 16.3. The van der Waals surface area contributed by atoms with Crippen LogP contribution in [0, 0.1) is 5.92 Å². The molecule has 0 aromatic carbocycles. The number of nitrogens with zero attached hydrogens (tertiary/aromatic N) is 1. The zero-order valence-electron chi connectivity index (χ0n) is 11.4. The van der Waals surface area contributed by atoms with E-state index < -0.39 is 6.43 Å². The second-order valence-corrected chi connectivity index (χ2v) is 5.12. The summed E-state index contributed by atoms with van der Waals surface area (Å²) < 4.78 is 24.5. The lowest BCUT2D eigenvalue weighted by atomic mass is 9.90. The molecule has 1 heterocycles. The molecule has 0 bridgehead atoms. The van der Waals surface area contributed by atoms with Gasteiger partial charge >= 0.3 is 0 Å². The second kappa shape index (κ2) is 8.43. The van der Waals surface area contributed by atoms with Crippen LogP contribution < -0.4 is 5.32 Å². The molecule has 1 rings (SSSR count). The lowest BCUT2D eigenvalue weighted by Gasteiger charge is -2.38. The maximum Gasteiger partial charge on any atom is 0.250 e. The van der Waals surface area contributed by atoms with Crippen LogP contribution in [0.15, 0.2) is 0 Å². The van der Waals surface area contributed by atoms with Crippen LogP contribution in [0.3, 0.4) is 0 Å². The Morgan fingerprint density at radius 2 is 2.21 bits per heavy atom. The molecular formula is C13H24F2N2O2. The zero-order valence-corrected chi connectivity index (χ0v) is 11.4. The monoisotopic (exact) mass is 278 g/mol. The Balaban J connectivity index is 2.53. The molecule has 1 amide bonds. The quantitative estimate of drug-likeness (QED) is 0.737. The smallest absolute Gasteiger partial charge is 0.250 e. The number of rotatable bonds is 7. The van der Waals surface area contributed by atoms with Gasteiger partial charge in [-0.05, 0) is 25.2 Å². The molecule has 0 spiro atoms. The minimum Gasteiger partial charge on any atom is -0.396 e. The van der Waals surface area contributed by atoms with Crippen LogP contribution in [0.4, 0.5) is 8.78 Å². The van der Waals surface area contributed by atoms with E-state index >= 15 is 0 Å². The van der Waals surface area contributed by atoms with Gasteiger partial charge in [0.25, 0.3) is 6.43 Å². The number of aliphatic hydroxyl groups excluding tert-OH is 1. The number of carbonyl (C=O) groups excluding carboxylic acids is 1. The van der Waals surface area contributed by atoms with Crippen molar-refractivity contribution < 1.29 is 18.7 Å². The highest BCUT2D eigenvalue weighted by atomic mass is 19.3. The van der Waals surface area contributed by atoms with Crippen LogP contribution in [0.5, 0.6) is 0 Å². The number of carbonyl (C=O) groups is 1. The molecule has 0 aliphatic carbocycles. The number of halogens is 2. The molecule has 6 heteroatoms. The highest BCUT2D eigenvalue weighted by Gasteiger charge is 2.29. The first-order chi connectivity index (χ1) is 9.06. The third-order valence-electron chi connectivity index (χ3n) is 3.52. The number of piperidine rings is 1. The predicted octanol–water partition coefficient (Wildman–Crippen LogP) is 1.24. The van der Waals surface area contributed by atoms with Crippen molar-refractivity contribution in [2.24, 2.45) is 5.92 Å². The van der Waals surface area contributed by atoms with Crippen molar-refractivity contribution >= 4 is 5.91 Å². The van der Waals surface area contributed by atoms with Gasteiger partial charge in [-0.25, -0.2) is 8.78 Å². The van der Waals surface area contributed by atoms with Crippen LogP contribution in [-0.2, 0) is 4.79 Å². The summed E-state index contributed by atoms with van der Waals surface area (Å²) in [7, 11) is 0. The molecule has 2 atom stereocenters. The zero-order chi connectivity index (χ0) is 14.3. The molecule has 0 aromatic rings. The van der Waals surface area contributed by atoms with Gasteiger partial charge in [0, 0.05) is 32.2 Å². The minimum atomic E-state index is -2.37. The van der Waals surface area contributed by atoms with Gasteiger partial charge in [0.15, 0.2) is 0 Å². The lowest BCUT2D eigenvalue weighted by Crippen LogP contribution is -2.52. The molecule has 0 aromatic heterocycles. The number of hydrogen-bond donors (Lipinski definition) is 2. The van der Waals surface area contributed by atoms with Crippen molar-refractivity contribution in [2.45, 2.75) is 45.1 Å². The van der Waals surface area contributed by atoms with Gasteiger partial charge in [0.05, 0.1) is 6.54 Å². The standard InChI is InChI=1S/C13H24F2N2O2/c1-2-13(19)17-8-10(4-3-5-18)6-11(9-17)16-7-12(14)15/h10-12,16,18H,2-9H2,1H3. The number of amides is 1. The maximum absolute atomic E-state index is 12.2. The van der Waals surface area contributed by atoms with E-state index in [1.54, 1.807) is 11.8 Å². The van der Waals surface area contributed by atoms with Gasteiger partial charge in [-0.3, -0.25) is 4.79 Å². The molecule has 0 radical (unpaired) electrons. The fourth-order valence-corrected chi connectivity index (χ4v) is 2.62. The van der Waals surface area contributed by atoms with E-state index in [1.807, 2.05) is 0 Å². The Labute approximate surface area is 113 Å². The van der Waals surface area contributed by atoms with Gasteiger partial charge < -0.3 is 15.3 Å². The Hall–Kier alpha value is -0.750. The van der Waals surface area contributed by atoms with Gasteiger partial charge in [-0.15, -0.1) is 0 Å². The van der Waals surface area contributed by atoms with Crippen molar-refractivity contribution in [3.05, 3.63) is 0 Å². The Kier molecular flexibility index (Phi) is 7.23. The Bertz CT molecular complexity index is 277. The lowest BCUT2D eigenvalue weighted by molar-refractivity contribution is -0.133. The maximum atomic E-state index is 12.2. The second-order valence-electron chi connectivity index (χ2n) is 5.12. The van der Waals surface area contributed by atoms with Crippen LogP contribution in [0.25, 0.3) is 0 Å². The third-order valence-corrected chi connectivity index (χ3v) is 3.52. The molecule has 4 nitrogen and oxygen atoms in total. The molecule has 1 aliphatic rings. The molecule has 112 valence electrons. The normalized spacial score (nSPS) is 23.9. The van der Waals surface area contributed by atoms with Crippen molar-refractivity contribution in [3.63, 3.8) is 0 Å². The molecule has 2 unspecified atom stereocenters. The van der Waals surface area contributed by atoms with Gasteiger partial charge in [-0.1, -0.05) is 6.92 Å². The highest BCUT2D eigenvalue weighted by Crippen LogP contribution is 2.22. The Morgan fingerprint density at radius 3 is 2.79 bits per heavy atom. The van der Waals surface area contributed by atoms with E-state index in [9.17, 15) is 13.6 Å². The van der Waals surface area contributed by atoms with Gasteiger partial charge in [-0.2, -0.15) is 0 Å². The number of alkyl halides is 2. The van der Waals surface area contributed by atoms with Crippen molar-refractivity contribution in [2.75, 3.05) is 26.2 Å². The molecule has 2 N–H and O–H groups in total. The molecule has 1 fully saturated rings. The van der Waals surface area contributed by atoms with E-state index in [2.05, 4.69) is 5.32 Å². The predicted molar refractivity (Wildman–Crippen MR) is 69.1 cm³/mol. The van der Waals surface area contributed by atoms with Crippen LogP contribution in [-0.4, -0.2) is 54.6 Å². The van der Waals surface area contributed by atoms with Crippen molar-refractivity contribution in [3.8, 4) is 0 Å². The van der Waals surface area contributed by atoms with E-state index in [4.69, 9.17) is 5.11 Å². The molecule has 1 aliphatic heterocycles. The van der Waals surface area contributed by atoms with Crippen LogP contribution in [0.1, 0.15) is 32.6 Å². The fraction of sp³-hybridized carbons (Fsp3) is 0.923. The van der Waals surface area contributed by atoms with Crippen LogP contribution in [0.2, 0.25) is 0 Å². The summed E-state index contributed by atoms with van der Waals surface area (Å²) in [6.07, 6.45) is 0.388.